The summed E-state index contributed by atoms with van der Waals surface area (Å²) in [5, 5.41) is 2.88. The normalized spacial score (nSPS) is 14.0. The first-order chi connectivity index (χ1) is 13.1. The summed E-state index contributed by atoms with van der Waals surface area (Å²) in [5.74, 6) is 0.764. The van der Waals surface area contributed by atoms with Crippen molar-refractivity contribution in [2.45, 2.75) is 13.3 Å². The van der Waals surface area contributed by atoms with Crippen LogP contribution in [0, 0.1) is 0 Å². The van der Waals surface area contributed by atoms with Gasteiger partial charge in [-0.2, -0.15) is 0 Å². The Hall–Kier alpha value is -3.02. The molecule has 0 atom stereocenters. The molecular weight excluding hydrogens is 342 g/mol. The molecule has 0 aliphatic carbocycles. The number of anilines is 1. The number of urea groups is 1. The number of methoxy groups -OCH3 is 1. The van der Waals surface area contributed by atoms with Crippen molar-refractivity contribution in [3.63, 3.8) is 0 Å². The molecule has 1 aliphatic heterocycles. The molecule has 0 unspecified atom stereocenters. The van der Waals surface area contributed by atoms with Gasteiger partial charge in [0, 0.05) is 37.4 Å². The van der Waals surface area contributed by atoms with Gasteiger partial charge in [0.05, 0.1) is 7.11 Å². The summed E-state index contributed by atoms with van der Waals surface area (Å²) in [7, 11) is 1.60. The van der Waals surface area contributed by atoms with Gasteiger partial charge in [0.15, 0.2) is 0 Å². The second kappa shape index (κ2) is 8.58. The van der Waals surface area contributed by atoms with Crippen LogP contribution in [0.4, 0.5) is 10.5 Å². The van der Waals surface area contributed by atoms with Gasteiger partial charge in [-0.3, -0.25) is 4.79 Å². The third-order valence-electron chi connectivity index (χ3n) is 4.80. The Morgan fingerprint density at radius 2 is 1.52 bits per heavy atom. The van der Waals surface area contributed by atoms with E-state index in [1.54, 1.807) is 41.2 Å². The van der Waals surface area contributed by atoms with Crippen molar-refractivity contribution in [3.05, 3.63) is 59.7 Å². The van der Waals surface area contributed by atoms with Gasteiger partial charge in [-0.1, -0.05) is 19.1 Å². The molecule has 1 saturated heterocycles. The zero-order valence-corrected chi connectivity index (χ0v) is 15.8. The van der Waals surface area contributed by atoms with Gasteiger partial charge in [-0.25, -0.2) is 4.79 Å². The van der Waals surface area contributed by atoms with Crippen LogP contribution in [-0.2, 0) is 6.42 Å². The largest absolute Gasteiger partial charge is 0.497 e. The molecule has 0 spiro atoms. The predicted octanol–water partition coefficient (Wildman–Crippen LogP) is 3.25. The van der Waals surface area contributed by atoms with Crippen LogP contribution < -0.4 is 10.1 Å². The molecule has 0 aromatic heterocycles. The summed E-state index contributed by atoms with van der Waals surface area (Å²) in [4.78, 5) is 28.6. The van der Waals surface area contributed by atoms with Crippen LogP contribution in [0.5, 0.6) is 5.75 Å². The summed E-state index contributed by atoms with van der Waals surface area (Å²) in [5.41, 5.74) is 2.63. The lowest BCUT2D eigenvalue weighted by molar-refractivity contribution is 0.0671. The number of rotatable bonds is 4. The maximum atomic E-state index is 12.6. The topological polar surface area (TPSA) is 61.9 Å². The first-order valence-electron chi connectivity index (χ1n) is 9.19. The maximum absolute atomic E-state index is 12.6. The number of aryl methyl sites for hydroxylation is 1. The summed E-state index contributed by atoms with van der Waals surface area (Å²) >= 11 is 0. The van der Waals surface area contributed by atoms with Gasteiger partial charge < -0.3 is 19.9 Å². The first kappa shape index (κ1) is 18.8. The van der Waals surface area contributed by atoms with Crippen LogP contribution in [0.1, 0.15) is 22.8 Å². The average molecular weight is 367 g/mol. The smallest absolute Gasteiger partial charge is 0.321 e. The lowest BCUT2D eigenvalue weighted by Crippen LogP contribution is -2.51. The molecule has 1 fully saturated rings. The number of benzene rings is 2. The summed E-state index contributed by atoms with van der Waals surface area (Å²) in [6, 6.07) is 14.8. The molecule has 2 aromatic carbocycles. The van der Waals surface area contributed by atoms with E-state index < -0.39 is 0 Å². The molecule has 27 heavy (non-hydrogen) atoms. The quantitative estimate of drug-likeness (QED) is 0.902. The Bertz CT molecular complexity index is 779. The summed E-state index contributed by atoms with van der Waals surface area (Å²) < 4.78 is 5.11. The Morgan fingerprint density at radius 3 is 2.07 bits per heavy atom. The van der Waals surface area contributed by atoms with Crippen molar-refractivity contribution in [1.82, 2.24) is 9.80 Å². The van der Waals surface area contributed by atoms with Gasteiger partial charge >= 0.3 is 6.03 Å². The standard InChI is InChI=1S/C21H25N3O3/c1-3-16-4-6-17(7-5-16)20(25)23-12-14-24(15-13-23)21(26)22-18-8-10-19(27-2)11-9-18/h4-11H,3,12-15H2,1-2H3,(H,22,26). The predicted molar refractivity (Wildman–Crippen MR) is 105 cm³/mol. The molecule has 1 aliphatic rings. The van der Waals surface area contributed by atoms with E-state index >= 15 is 0 Å². The number of carbonyl (C=O) groups is 2. The van der Waals surface area contributed by atoms with Crippen LogP contribution in [0.15, 0.2) is 48.5 Å². The molecule has 3 rings (SSSR count). The van der Waals surface area contributed by atoms with Gasteiger partial charge in [-0.15, -0.1) is 0 Å². The molecule has 1 N–H and O–H groups in total. The minimum atomic E-state index is -0.153. The number of piperazine rings is 1. The Kier molecular flexibility index (Phi) is 5.96. The van der Waals surface area contributed by atoms with Crippen molar-refractivity contribution >= 4 is 17.6 Å². The second-order valence-electron chi connectivity index (χ2n) is 6.49. The van der Waals surface area contributed by atoms with Gasteiger partial charge in [0.1, 0.15) is 5.75 Å². The summed E-state index contributed by atoms with van der Waals surface area (Å²) in [6.07, 6.45) is 0.955. The average Bonchev–Trinajstić information content (AvgIpc) is 2.74. The Morgan fingerprint density at radius 1 is 0.926 bits per heavy atom. The van der Waals surface area contributed by atoms with Crippen LogP contribution in [0.3, 0.4) is 0 Å². The lowest BCUT2D eigenvalue weighted by atomic mass is 10.1. The van der Waals surface area contributed by atoms with E-state index in [0.717, 1.165) is 17.9 Å². The van der Waals surface area contributed by atoms with E-state index in [4.69, 9.17) is 4.74 Å². The molecule has 2 aromatic rings. The van der Waals surface area contributed by atoms with E-state index in [1.165, 1.54) is 5.56 Å². The fourth-order valence-electron chi connectivity index (χ4n) is 3.06. The lowest BCUT2D eigenvalue weighted by Gasteiger charge is -2.34. The third-order valence-corrected chi connectivity index (χ3v) is 4.80. The minimum Gasteiger partial charge on any atom is -0.497 e. The molecule has 0 saturated carbocycles. The van der Waals surface area contributed by atoms with Crippen LogP contribution in [-0.4, -0.2) is 55.0 Å². The second-order valence-corrected chi connectivity index (χ2v) is 6.49. The number of ether oxygens (including phenoxy) is 1. The number of amides is 3. The van der Waals surface area contributed by atoms with E-state index in [-0.39, 0.29) is 11.9 Å². The molecular formula is C21H25N3O3. The highest BCUT2D eigenvalue weighted by molar-refractivity contribution is 5.94. The first-order valence-corrected chi connectivity index (χ1v) is 9.19. The fraction of sp³-hybridized carbons (Fsp3) is 0.333. The fourth-order valence-corrected chi connectivity index (χ4v) is 3.06. The number of nitrogens with one attached hydrogen (secondary N) is 1. The van der Waals surface area contributed by atoms with Crippen LogP contribution in [0.25, 0.3) is 0 Å². The number of hydrogen-bond donors (Lipinski definition) is 1. The van der Waals surface area contributed by atoms with Crippen molar-refractivity contribution < 1.29 is 14.3 Å². The minimum absolute atomic E-state index is 0.0212. The maximum Gasteiger partial charge on any atom is 0.321 e. The molecule has 142 valence electrons. The highest BCUT2D eigenvalue weighted by atomic mass is 16.5. The van der Waals surface area contributed by atoms with Gasteiger partial charge in [-0.05, 0) is 48.4 Å². The molecule has 1 heterocycles. The van der Waals surface area contributed by atoms with Crippen molar-refractivity contribution in [2.75, 3.05) is 38.6 Å². The molecule has 0 bridgehead atoms. The molecule has 3 amide bonds. The van der Waals surface area contributed by atoms with Gasteiger partial charge in [0.2, 0.25) is 0 Å². The highest BCUT2D eigenvalue weighted by Crippen LogP contribution is 2.16. The molecule has 0 radical (unpaired) electrons. The zero-order valence-electron chi connectivity index (χ0n) is 15.8. The SMILES string of the molecule is CCc1ccc(C(=O)N2CCN(C(=O)Nc3ccc(OC)cc3)CC2)cc1. The van der Waals surface area contributed by atoms with Crippen molar-refractivity contribution in [3.8, 4) is 5.75 Å². The van der Waals surface area contributed by atoms with Crippen molar-refractivity contribution in [1.29, 1.82) is 0 Å². The van der Waals surface area contributed by atoms with Gasteiger partial charge in [0.25, 0.3) is 5.91 Å². The Balaban J connectivity index is 1.52. The zero-order chi connectivity index (χ0) is 19.2. The number of carbonyl (C=O) groups excluding carboxylic acids is 2. The third kappa shape index (κ3) is 4.58. The molecule has 6 heteroatoms. The van der Waals surface area contributed by atoms with E-state index in [1.807, 2.05) is 24.3 Å². The van der Waals surface area contributed by atoms with Crippen LogP contribution in [0.2, 0.25) is 0 Å². The van der Waals surface area contributed by atoms with Crippen molar-refractivity contribution in [2.24, 2.45) is 0 Å². The Labute approximate surface area is 159 Å². The number of hydrogen-bond acceptors (Lipinski definition) is 3. The van der Waals surface area contributed by atoms with E-state index in [0.29, 0.717) is 31.7 Å². The van der Waals surface area contributed by atoms with E-state index in [9.17, 15) is 9.59 Å². The molecule has 6 nitrogen and oxygen atoms in total. The highest BCUT2D eigenvalue weighted by Gasteiger charge is 2.24. The monoisotopic (exact) mass is 367 g/mol. The number of nitrogens with zero attached hydrogens (tertiary/aromatic N) is 2. The van der Waals surface area contributed by atoms with Crippen LogP contribution >= 0.6 is 0 Å². The van der Waals surface area contributed by atoms with E-state index in [2.05, 4.69) is 12.2 Å². The summed E-state index contributed by atoms with van der Waals surface area (Å²) in [6.45, 7) is 4.18.